The summed E-state index contributed by atoms with van der Waals surface area (Å²) in [5.41, 5.74) is 0.985. The highest BCUT2D eigenvalue weighted by Crippen LogP contribution is 2.25. The summed E-state index contributed by atoms with van der Waals surface area (Å²) in [6.45, 7) is 0.652. The number of carbonyl (C=O) groups excluding carboxylic acids is 1. The van der Waals surface area contributed by atoms with Crippen molar-refractivity contribution in [3.8, 4) is 0 Å². The number of carbonyl (C=O) groups is 1. The highest BCUT2D eigenvalue weighted by molar-refractivity contribution is 9.10. The van der Waals surface area contributed by atoms with Gasteiger partial charge in [-0.05, 0) is 42.5 Å². The maximum Gasteiger partial charge on any atom is 0.244 e. The van der Waals surface area contributed by atoms with Crippen molar-refractivity contribution in [3.05, 3.63) is 40.4 Å². The van der Waals surface area contributed by atoms with Crippen molar-refractivity contribution >= 4 is 27.9 Å². The van der Waals surface area contributed by atoms with Crippen LogP contribution in [0.3, 0.4) is 0 Å². The fourth-order valence-corrected chi connectivity index (χ4v) is 2.37. The van der Waals surface area contributed by atoms with E-state index >= 15 is 0 Å². The minimum atomic E-state index is -0.163. The van der Waals surface area contributed by atoms with Crippen LogP contribution in [0.5, 0.6) is 0 Å². The van der Waals surface area contributed by atoms with E-state index in [9.17, 15) is 4.79 Å². The molecule has 18 heavy (non-hydrogen) atoms. The van der Waals surface area contributed by atoms with Gasteiger partial charge >= 0.3 is 0 Å². The van der Waals surface area contributed by atoms with Crippen LogP contribution in [0.1, 0.15) is 18.4 Å². The molecule has 4 heteroatoms. The first-order valence-corrected chi connectivity index (χ1v) is 6.82. The van der Waals surface area contributed by atoms with E-state index in [1.165, 1.54) is 6.08 Å². The largest absolute Gasteiger partial charge is 0.393 e. The Kier molecular flexibility index (Phi) is 4.55. The number of rotatable bonds is 4. The van der Waals surface area contributed by atoms with E-state index in [4.69, 9.17) is 5.11 Å². The molecule has 1 fully saturated rings. The van der Waals surface area contributed by atoms with Crippen LogP contribution in [-0.2, 0) is 4.79 Å². The van der Waals surface area contributed by atoms with Crippen molar-refractivity contribution < 1.29 is 9.90 Å². The first-order chi connectivity index (χ1) is 8.63. The van der Waals surface area contributed by atoms with Gasteiger partial charge in [0.25, 0.3) is 0 Å². The molecule has 2 N–H and O–H groups in total. The molecule has 96 valence electrons. The Morgan fingerprint density at radius 3 is 2.94 bits per heavy atom. The SMILES string of the molecule is O=C(C=Cc1cccc(Br)c1)NCC1CC(O)C1. The summed E-state index contributed by atoms with van der Waals surface area (Å²) >= 11 is 3.38. The third kappa shape index (κ3) is 3.96. The van der Waals surface area contributed by atoms with Gasteiger partial charge in [0.05, 0.1) is 6.10 Å². The van der Waals surface area contributed by atoms with E-state index < -0.39 is 0 Å². The molecule has 0 radical (unpaired) electrons. The van der Waals surface area contributed by atoms with Crippen molar-refractivity contribution in [1.82, 2.24) is 5.32 Å². The topological polar surface area (TPSA) is 49.3 Å². The summed E-state index contributed by atoms with van der Waals surface area (Å²) in [4.78, 5) is 11.6. The lowest BCUT2D eigenvalue weighted by Gasteiger charge is -2.31. The maximum absolute atomic E-state index is 11.6. The average Bonchev–Trinajstić information content (AvgIpc) is 2.31. The molecule has 0 atom stereocenters. The molecular formula is C14H16BrNO2. The first kappa shape index (κ1) is 13.3. The van der Waals surface area contributed by atoms with E-state index in [0.29, 0.717) is 12.5 Å². The number of aliphatic hydroxyl groups is 1. The average molecular weight is 310 g/mol. The summed E-state index contributed by atoms with van der Waals surface area (Å²) < 4.78 is 0.994. The molecule has 0 spiro atoms. The van der Waals surface area contributed by atoms with Crippen molar-refractivity contribution in [1.29, 1.82) is 0 Å². The van der Waals surface area contributed by atoms with Gasteiger partial charge in [0.2, 0.25) is 5.91 Å². The Hall–Kier alpha value is -1.13. The van der Waals surface area contributed by atoms with Gasteiger partial charge < -0.3 is 10.4 Å². The van der Waals surface area contributed by atoms with Crippen LogP contribution in [-0.4, -0.2) is 23.7 Å². The zero-order valence-electron chi connectivity index (χ0n) is 9.97. The van der Waals surface area contributed by atoms with Crippen LogP contribution in [0.15, 0.2) is 34.8 Å². The highest BCUT2D eigenvalue weighted by atomic mass is 79.9. The third-order valence-corrected chi connectivity index (χ3v) is 3.54. The monoisotopic (exact) mass is 309 g/mol. The first-order valence-electron chi connectivity index (χ1n) is 6.03. The molecule has 1 aromatic rings. The van der Waals surface area contributed by atoms with Crippen LogP contribution < -0.4 is 5.32 Å². The lowest BCUT2D eigenvalue weighted by atomic mass is 9.82. The maximum atomic E-state index is 11.6. The Morgan fingerprint density at radius 2 is 2.28 bits per heavy atom. The summed E-state index contributed by atoms with van der Waals surface area (Å²) in [7, 11) is 0. The number of hydrogen-bond acceptors (Lipinski definition) is 2. The molecule has 1 saturated carbocycles. The standard InChI is InChI=1S/C14H16BrNO2/c15-12-3-1-2-10(6-12)4-5-14(18)16-9-11-7-13(17)8-11/h1-6,11,13,17H,7-9H2,(H,16,18). The molecular weight excluding hydrogens is 294 g/mol. The van der Waals surface area contributed by atoms with Gasteiger partial charge in [-0.25, -0.2) is 0 Å². The van der Waals surface area contributed by atoms with Crippen molar-refractivity contribution in [2.45, 2.75) is 18.9 Å². The second-order valence-electron chi connectivity index (χ2n) is 4.62. The lowest BCUT2D eigenvalue weighted by molar-refractivity contribution is -0.117. The predicted octanol–water partition coefficient (Wildman–Crippen LogP) is 2.35. The fraction of sp³-hybridized carbons (Fsp3) is 0.357. The smallest absolute Gasteiger partial charge is 0.244 e. The minimum absolute atomic E-state index is 0.0867. The molecule has 0 aliphatic heterocycles. The van der Waals surface area contributed by atoms with Gasteiger partial charge in [0.1, 0.15) is 0 Å². The molecule has 0 bridgehead atoms. The van der Waals surface area contributed by atoms with Crippen LogP contribution in [0.4, 0.5) is 0 Å². The summed E-state index contributed by atoms with van der Waals surface area (Å²) in [5.74, 6) is 0.347. The number of amides is 1. The van der Waals surface area contributed by atoms with Gasteiger partial charge in [-0.1, -0.05) is 28.1 Å². The van der Waals surface area contributed by atoms with Crippen molar-refractivity contribution in [2.75, 3.05) is 6.54 Å². The van der Waals surface area contributed by atoms with Crippen LogP contribution in [0, 0.1) is 5.92 Å². The molecule has 1 aliphatic rings. The van der Waals surface area contributed by atoms with Crippen molar-refractivity contribution in [3.63, 3.8) is 0 Å². The second kappa shape index (κ2) is 6.16. The van der Waals surface area contributed by atoms with Gasteiger partial charge in [-0.15, -0.1) is 0 Å². The number of hydrogen-bond donors (Lipinski definition) is 2. The normalized spacial score (nSPS) is 22.8. The van der Waals surface area contributed by atoms with E-state index in [-0.39, 0.29) is 12.0 Å². The van der Waals surface area contributed by atoms with E-state index in [1.54, 1.807) is 6.08 Å². The lowest BCUT2D eigenvalue weighted by Crippen LogP contribution is -2.37. The molecule has 0 saturated heterocycles. The molecule has 0 unspecified atom stereocenters. The van der Waals surface area contributed by atoms with E-state index in [2.05, 4.69) is 21.2 Å². The van der Waals surface area contributed by atoms with Crippen LogP contribution >= 0.6 is 15.9 Å². The minimum Gasteiger partial charge on any atom is -0.393 e. The molecule has 1 aromatic carbocycles. The Morgan fingerprint density at radius 1 is 1.50 bits per heavy atom. The van der Waals surface area contributed by atoms with E-state index in [0.717, 1.165) is 22.9 Å². The number of aliphatic hydroxyl groups excluding tert-OH is 1. The van der Waals surface area contributed by atoms with E-state index in [1.807, 2.05) is 24.3 Å². The van der Waals surface area contributed by atoms with Gasteiger partial charge in [-0.3, -0.25) is 4.79 Å². The number of halogens is 1. The summed E-state index contributed by atoms with van der Waals surface area (Å²) in [6, 6.07) is 7.76. The van der Waals surface area contributed by atoms with Crippen molar-refractivity contribution in [2.24, 2.45) is 5.92 Å². The Balaban J connectivity index is 1.76. The summed E-state index contributed by atoms with van der Waals surface area (Å²) in [5, 5.41) is 12.0. The van der Waals surface area contributed by atoms with Gasteiger partial charge in [-0.2, -0.15) is 0 Å². The molecule has 0 aromatic heterocycles. The predicted molar refractivity (Wildman–Crippen MR) is 74.9 cm³/mol. The molecule has 1 aliphatic carbocycles. The zero-order valence-corrected chi connectivity index (χ0v) is 11.6. The Bertz CT molecular complexity index is 453. The number of nitrogens with one attached hydrogen (secondary N) is 1. The second-order valence-corrected chi connectivity index (χ2v) is 5.54. The number of benzene rings is 1. The zero-order chi connectivity index (χ0) is 13.0. The molecule has 2 rings (SSSR count). The molecule has 3 nitrogen and oxygen atoms in total. The summed E-state index contributed by atoms with van der Waals surface area (Å²) in [6.07, 6.45) is 4.77. The molecule has 1 amide bonds. The molecule has 0 heterocycles. The van der Waals surface area contributed by atoms with Gasteiger partial charge in [0.15, 0.2) is 0 Å². The van der Waals surface area contributed by atoms with Crippen LogP contribution in [0.2, 0.25) is 0 Å². The van der Waals surface area contributed by atoms with Crippen LogP contribution in [0.25, 0.3) is 6.08 Å². The fourth-order valence-electron chi connectivity index (χ4n) is 1.95. The highest BCUT2D eigenvalue weighted by Gasteiger charge is 2.26. The van der Waals surface area contributed by atoms with Gasteiger partial charge in [0, 0.05) is 17.1 Å². The third-order valence-electron chi connectivity index (χ3n) is 3.05. The quantitative estimate of drug-likeness (QED) is 0.839. The Labute approximate surface area is 115 Å².